The molecule has 0 aliphatic rings. The number of halogens is 2. The molecular weight excluding hydrogens is 338 g/mol. The summed E-state index contributed by atoms with van der Waals surface area (Å²) in [5, 5.41) is 14.0. The number of hydrogen-bond acceptors (Lipinski definition) is 2. The van der Waals surface area contributed by atoms with Crippen LogP contribution in [0.15, 0.2) is 40.9 Å². The Balaban J connectivity index is 2.07. The minimum absolute atomic E-state index is 0.421. The summed E-state index contributed by atoms with van der Waals surface area (Å²) in [4.78, 5) is 0. The quantitative estimate of drug-likeness (QED) is 0.821. The van der Waals surface area contributed by atoms with Crippen LogP contribution >= 0.6 is 27.5 Å². The Bertz CT molecular complexity index is 592. The molecule has 0 aliphatic carbocycles. The monoisotopic (exact) mass is 353 g/mol. The molecule has 2 rings (SSSR count). The van der Waals surface area contributed by atoms with Crippen LogP contribution in [0.4, 0.5) is 5.69 Å². The minimum atomic E-state index is -0.632. The molecule has 1 atom stereocenters. The third-order valence-corrected chi connectivity index (χ3v) is 4.80. The van der Waals surface area contributed by atoms with E-state index in [9.17, 15) is 5.11 Å². The van der Waals surface area contributed by atoms with Gasteiger partial charge in [-0.15, -0.1) is 0 Å². The predicted octanol–water partition coefficient (Wildman–Crippen LogP) is 4.86. The van der Waals surface area contributed by atoms with Gasteiger partial charge >= 0.3 is 0 Å². The zero-order chi connectivity index (χ0) is 14.7. The second-order valence-electron chi connectivity index (χ2n) is 4.84. The molecule has 106 valence electrons. The smallest absolute Gasteiger partial charge is 0.0976 e. The van der Waals surface area contributed by atoms with Crippen molar-refractivity contribution in [2.24, 2.45) is 0 Å². The summed E-state index contributed by atoms with van der Waals surface area (Å²) in [7, 11) is 0. The van der Waals surface area contributed by atoms with Crippen LogP contribution in [-0.2, 0) is 0 Å². The molecule has 0 spiro atoms. The average molecular weight is 355 g/mol. The Morgan fingerprint density at radius 3 is 2.40 bits per heavy atom. The van der Waals surface area contributed by atoms with E-state index in [4.69, 9.17) is 11.6 Å². The standard InChI is InChI=1S/C16H17BrClNO/c1-10-7-12(8-11(2)16(10)17)19-9-15(20)13-5-3-4-6-14(13)18/h3-8,15,19-20H,9H2,1-2H3. The highest BCUT2D eigenvalue weighted by Crippen LogP contribution is 2.26. The van der Waals surface area contributed by atoms with Crippen molar-refractivity contribution in [1.82, 2.24) is 0 Å². The van der Waals surface area contributed by atoms with Crippen molar-refractivity contribution in [2.75, 3.05) is 11.9 Å². The van der Waals surface area contributed by atoms with Crippen LogP contribution in [0.2, 0.25) is 5.02 Å². The molecule has 0 fully saturated rings. The van der Waals surface area contributed by atoms with Gasteiger partial charge in [-0.3, -0.25) is 0 Å². The van der Waals surface area contributed by atoms with E-state index in [-0.39, 0.29) is 0 Å². The molecule has 2 aromatic rings. The van der Waals surface area contributed by atoms with E-state index < -0.39 is 6.10 Å². The first-order valence-electron chi connectivity index (χ1n) is 6.42. The van der Waals surface area contributed by atoms with Gasteiger partial charge < -0.3 is 10.4 Å². The van der Waals surface area contributed by atoms with Gasteiger partial charge in [0.1, 0.15) is 0 Å². The van der Waals surface area contributed by atoms with Crippen LogP contribution < -0.4 is 5.32 Å². The topological polar surface area (TPSA) is 32.3 Å². The van der Waals surface area contributed by atoms with E-state index >= 15 is 0 Å². The third kappa shape index (κ3) is 3.54. The van der Waals surface area contributed by atoms with Gasteiger partial charge in [0.2, 0.25) is 0 Å². The van der Waals surface area contributed by atoms with Crippen molar-refractivity contribution >= 4 is 33.2 Å². The van der Waals surface area contributed by atoms with Crippen LogP contribution in [0.5, 0.6) is 0 Å². The number of aliphatic hydroxyl groups is 1. The van der Waals surface area contributed by atoms with Gasteiger partial charge in [-0.05, 0) is 43.2 Å². The van der Waals surface area contributed by atoms with Crippen molar-refractivity contribution < 1.29 is 5.11 Å². The molecule has 0 bridgehead atoms. The molecule has 0 saturated carbocycles. The molecule has 0 aliphatic heterocycles. The first-order chi connectivity index (χ1) is 9.49. The summed E-state index contributed by atoms with van der Waals surface area (Å²) >= 11 is 9.62. The maximum Gasteiger partial charge on any atom is 0.0976 e. The number of aliphatic hydroxyl groups excluding tert-OH is 1. The number of rotatable bonds is 4. The van der Waals surface area contributed by atoms with Crippen LogP contribution in [-0.4, -0.2) is 11.7 Å². The second-order valence-corrected chi connectivity index (χ2v) is 6.04. The lowest BCUT2D eigenvalue weighted by molar-refractivity contribution is 0.192. The average Bonchev–Trinajstić information content (AvgIpc) is 2.42. The van der Waals surface area contributed by atoms with Gasteiger partial charge in [0, 0.05) is 27.3 Å². The number of hydrogen-bond donors (Lipinski definition) is 2. The predicted molar refractivity (Wildman–Crippen MR) is 88.5 cm³/mol. The van der Waals surface area contributed by atoms with Crippen molar-refractivity contribution in [2.45, 2.75) is 20.0 Å². The third-order valence-electron chi connectivity index (χ3n) is 3.20. The largest absolute Gasteiger partial charge is 0.387 e. The van der Waals surface area contributed by atoms with E-state index in [0.29, 0.717) is 11.6 Å². The maximum absolute atomic E-state index is 10.2. The van der Waals surface area contributed by atoms with E-state index in [2.05, 4.69) is 33.4 Å². The molecule has 0 saturated heterocycles. The molecule has 0 aromatic heterocycles. The van der Waals surface area contributed by atoms with Crippen LogP contribution in [0.3, 0.4) is 0 Å². The summed E-state index contributed by atoms with van der Waals surface area (Å²) in [6, 6.07) is 11.5. The molecule has 1 unspecified atom stereocenters. The molecule has 2 nitrogen and oxygen atoms in total. The number of anilines is 1. The normalized spacial score (nSPS) is 12.2. The van der Waals surface area contributed by atoms with Crippen molar-refractivity contribution in [1.29, 1.82) is 0 Å². The summed E-state index contributed by atoms with van der Waals surface area (Å²) in [5.41, 5.74) is 4.07. The van der Waals surface area contributed by atoms with Crippen LogP contribution in [0, 0.1) is 13.8 Å². The SMILES string of the molecule is Cc1cc(NCC(O)c2ccccc2Cl)cc(C)c1Br. The van der Waals surface area contributed by atoms with E-state index in [1.54, 1.807) is 6.07 Å². The van der Waals surface area contributed by atoms with Gasteiger partial charge in [0.05, 0.1) is 6.10 Å². The first-order valence-corrected chi connectivity index (χ1v) is 7.59. The van der Waals surface area contributed by atoms with Gasteiger partial charge in [0.25, 0.3) is 0 Å². The molecule has 2 aromatic carbocycles. The summed E-state index contributed by atoms with van der Waals surface area (Å²) in [6.45, 7) is 4.52. The first kappa shape index (κ1) is 15.4. The van der Waals surface area contributed by atoms with Gasteiger partial charge in [0.15, 0.2) is 0 Å². The Hall–Kier alpha value is -1.03. The van der Waals surface area contributed by atoms with E-state index in [1.807, 2.05) is 32.0 Å². The highest BCUT2D eigenvalue weighted by molar-refractivity contribution is 9.10. The van der Waals surface area contributed by atoms with Crippen LogP contribution in [0.25, 0.3) is 0 Å². The lowest BCUT2D eigenvalue weighted by atomic mass is 10.1. The fourth-order valence-electron chi connectivity index (χ4n) is 2.12. The summed E-state index contributed by atoms with van der Waals surface area (Å²) in [5.74, 6) is 0. The molecule has 4 heteroatoms. The zero-order valence-corrected chi connectivity index (χ0v) is 13.8. The number of benzene rings is 2. The molecule has 0 amide bonds. The Kier molecular flexibility index (Phi) is 5.08. The molecule has 20 heavy (non-hydrogen) atoms. The Morgan fingerprint density at radius 1 is 1.20 bits per heavy atom. The molecular formula is C16H17BrClNO. The molecule has 0 heterocycles. The van der Waals surface area contributed by atoms with Gasteiger partial charge in [-0.1, -0.05) is 45.7 Å². The van der Waals surface area contributed by atoms with E-state index in [1.165, 1.54) is 11.1 Å². The van der Waals surface area contributed by atoms with E-state index in [0.717, 1.165) is 15.7 Å². The Labute approximate surface area is 132 Å². The maximum atomic E-state index is 10.2. The van der Waals surface area contributed by atoms with Gasteiger partial charge in [-0.25, -0.2) is 0 Å². The molecule has 0 radical (unpaired) electrons. The second kappa shape index (κ2) is 6.61. The fraction of sp³-hybridized carbons (Fsp3) is 0.250. The lowest BCUT2D eigenvalue weighted by Crippen LogP contribution is -2.12. The Morgan fingerprint density at radius 2 is 1.80 bits per heavy atom. The number of nitrogens with one attached hydrogen (secondary N) is 1. The van der Waals surface area contributed by atoms with Crippen molar-refractivity contribution in [3.05, 3.63) is 62.6 Å². The fourth-order valence-corrected chi connectivity index (χ4v) is 2.61. The van der Waals surface area contributed by atoms with Gasteiger partial charge in [-0.2, -0.15) is 0 Å². The summed E-state index contributed by atoms with van der Waals surface area (Å²) < 4.78 is 1.12. The highest BCUT2D eigenvalue weighted by atomic mass is 79.9. The number of aryl methyl sites for hydroxylation is 2. The molecule has 2 N–H and O–H groups in total. The van der Waals surface area contributed by atoms with Crippen LogP contribution in [0.1, 0.15) is 22.8 Å². The zero-order valence-electron chi connectivity index (χ0n) is 11.5. The van der Waals surface area contributed by atoms with Crippen molar-refractivity contribution in [3.8, 4) is 0 Å². The minimum Gasteiger partial charge on any atom is -0.387 e. The lowest BCUT2D eigenvalue weighted by Gasteiger charge is -2.16. The summed E-state index contributed by atoms with van der Waals surface area (Å²) in [6.07, 6.45) is -0.632. The highest BCUT2D eigenvalue weighted by Gasteiger charge is 2.11. The van der Waals surface area contributed by atoms with Crippen molar-refractivity contribution in [3.63, 3.8) is 0 Å².